The highest BCUT2D eigenvalue weighted by Crippen LogP contribution is 2.19. The predicted octanol–water partition coefficient (Wildman–Crippen LogP) is 2.72. The van der Waals surface area contributed by atoms with Crippen molar-refractivity contribution in [3.8, 4) is 5.75 Å². The zero-order valence-corrected chi connectivity index (χ0v) is 11.2. The van der Waals surface area contributed by atoms with Crippen molar-refractivity contribution in [3.05, 3.63) is 29.6 Å². The lowest BCUT2D eigenvalue weighted by Crippen LogP contribution is -2.19. The van der Waals surface area contributed by atoms with E-state index in [1.807, 2.05) is 20.8 Å². The smallest absolute Gasteiger partial charge is 0.173 e. The van der Waals surface area contributed by atoms with Gasteiger partial charge in [0, 0.05) is 11.8 Å². The Morgan fingerprint density at radius 1 is 1.41 bits per heavy atom. The predicted molar refractivity (Wildman–Crippen MR) is 68.4 cm³/mol. The molecular weight excluding hydrogens is 241 g/mol. The van der Waals surface area contributed by atoms with Crippen LogP contribution in [0.4, 0.5) is 4.39 Å². The van der Waals surface area contributed by atoms with E-state index >= 15 is 0 Å². The molecule has 0 spiro atoms. The molecule has 0 aromatic heterocycles. The van der Waals surface area contributed by atoms with E-state index in [0.29, 0.717) is 0 Å². The zero-order chi connectivity index (χ0) is 13.1. The van der Waals surface area contributed by atoms with Gasteiger partial charge in [-0.05, 0) is 26.8 Å². The topological polar surface area (TPSA) is 38.7 Å². The van der Waals surface area contributed by atoms with Crippen LogP contribution in [0.15, 0.2) is 22.6 Å². The standard InChI is InChI=1S/C12H16FNO2S/c1-12(2,3)17(15)14-8-9-6-5-7-10(16-4)11(9)13/h5-8H,1-4H3/t17-/m0/s1. The van der Waals surface area contributed by atoms with E-state index in [4.69, 9.17) is 4.74 Å². The summed E-state index contributed by atoms with van der Waals surface area (Å²) in [5, 5.41) is 0. The van der Waals surface area contributed by atoms with Crippen LogP contribution < -0.4 is 4.74 Å². The fraction of sp³-hybridized carbons (Fsp3) is 0.417. The Morgan fingerprint density at radius 3 is 2.59 bits per heavy atom. The van der Waals surface area contributed by atoms with Crippen LogP contribution in [-0.2, 0) is 11.0 Å². The molecule has 0 unspecified atom stereocenters. The molecule has 1 aromatic rings. The van der Waals surface area contributed by atoms with Gasteiger partial charge in [0.25, 0.3) is 0 Å². The minimum absolute atomic E-state index is 0.149. The van der Waals surface area contributed by atoms with E-state index in [1.54, 1.807) is 12.1 Å². The summed E-state index contributed by atoms with van der Waals surface area (Å²) in [7, 11) is 0.00279. The first kappa shape index (κ1) is 13.8. The van der Waals surface area contributed by atoms with Crippen LogP contribution in [0.1, 0.15) is 26.3 Å². The molecule has 0 radical (unpaired) electrons. The summed E-state index contributed by atoms with van der Waals surface area (Å²) in [4.78, 5) is 0. The number of hydrogen-bond donors (Lipinski definition) is 0. The molecule has 0 fully saturated rings. The molecule has 0 aliphatic heterocycles. The molecule has 0 saturated carbocycles. The second-order valence-corrected chi connectivity index (χ2v) is 6.39. The van der Waals surface area contributed by atoms with Gasteiger partial charge in [0.2, 0.25) is 0 Å². The van der Waals surface area contributed by atoms with E-state index in [9.17, 15) is 8.60 Å². The Hall–Kier alpha value is -1.23. The number of methoxy groups -OCH3 is 1. The van der Waals surface area contributed by atoms with Crippen molar-refractivity contribution in [3.63, 3.8) is 0 Å². The molecule has 0 saturated heterocycles. The van der Waals surface area contributed by atoms with Gasteiger partial charge in [-0.2, -0.15) is 4.40 Å². The molecule has 0 N–H and O–H groups in total. The first-order chi connectivity index (χ1) is 7.86. The highest BCUT2D eigenvalue weighted by Gasteiger charge is 2.18. The maximum Gasteiger partial charge on any atom is 0.173 e. The number of nitrogens with zero attached hydrogens (tertiary/aromatic N) is 1. The summed E-state index contributed by atoms with van der Waals surface area (Å²) < 4.78 is 33.6. The number of rotatable bonds is 3. The van der Waals surface area contributed by atoms with Crippen LogP contribution in [0.2, 0.25) is 0 Å². The molecule has 0 amide bonds. The number of ether oxygens (including phenoxy) is 1. The Labute approximate surface area is 103 Å². The summed E-state index contributed by atoms with van der Waals surface area (Å²) in [5.74, 6) is -0.347. The summed E-state index contributed by atoms with van der Waals surface area (Å²) in [6.45, 7) is 5.42. The first-order valence-corrected chi connectivity index (χ1v) is 6.25. The van der Waals surface area contributed by atoms with E-state index < -0.39 is 21.5 Å². The van der Waals surface area contributed by atoms with Crippen LogP contribution in [0.3, 0.4) is 0 Å². The molecule has 94 valence electrons. The molecule has 0 bridgehead atoms. The third-order valence-electron chi connectivity index (χ3n) is 2.02. The molecule has 0 aliphatic rings. The Bertz CT molecular complexity index is 452. The van der Waals surface area contributed by atoms with Gasteiger partial charge in [0.1, 0.15) is 11.0 Å². The van der Waals surface area contributed by atoms with Gasteiger partial charge in [0.15, 0.2) is 11.6 Å². The van der Waals surface area contributed by atoms with Crippen LogP contribution in [-0.4, -0.2) is 22.3 Å². The lowest BCUT2D eigenvalue weighted by atomic mass is 10.2. The molecule has 3 nitrogen and oxygen atoms in total. The third-order valence-corrected chi connectivity index (χ3v) is 3.37. The fourth-order valence-corrected chi connectivity index (χ4v) is 1.57. The van der Waals surface area contributed by atoms with E-state index in [-0.39, 0.29) is 11.3 Å². The van der Waals surface area contributed by atoms with Crippen molar-refractivity contribution in [2.24, 2.45) is 4.40 Å². The lowest BCUT2D eigenvalue weighted by Gasteiger charge is -2.12. The van der Waals surface area contributed by atoms with Gasteiger partial charge in [-0.3, -0.25) is 0 Å². The van der Waals surface area contributed by atoms with Gasteiger partial charge in [-0.15, -0.1) is 0 Å². The molecule has 0 heterocycles. The minimum atomic E-state index is -1.39. The van der Waals surface area contributed by atoms with E-state index in [2.05, 4.69) is 4.40 Å². The van der Waals surface area contributed by atoms with E-state index in [0.717, 1.165) is 0 Å². The van der Waals surface area contributed by atoms with Gasteiger partial charge in [-0.1, -0.05) is 12.1 Å². The monoisotopic (exact) mass is 257 g/mol. The highest BCUT2D eigenvalue weighted by atomic mass is 32.2. The van der Waals surface area contributed by atoms with E-state index in [1.165, 1.54) is 19.4 Å². The second kappa shape index (κ2) is 5.40. The molecule has 0 aliphatic carbocycles. The minimum Gasteiger partial charge on any atom is -0.494 e. The quantitative estimate of drug-likeness (QED) is 0.781. The van der Waals surface area contributed by atoms with Crippen molar-refractivity contribution in [2.45, 2.75) is 25.5 Å². The van der Waals surface area contributed by atoms with Crippen molar-refractivity contribution < 1.29 is 13.3 Å². The average Bonchev–Trinajstić information content (AvgIpc) is 2.26. The molecule has 5 heteroatoms. The molecular formula is C12H16FNO2S. The van der Waals surface area contributed by atoms with Gasteiger partial charge in [-0.25, -0.2) is 8.60 Å². The lowest BCUT2D eigenvalue weighted by molar-refractivity contribution is 0.386. The normalized spacial score (nSPS) is 13.9. The molecule has 1 atom stereocenters. The van der Waals surface area contributed by atoms with Crippen LogP contribution in [0, 0.1) is 5.82 Å². The maximum atomic E-state index is 13.7. The maximum absolute atomic E-state index is 13.7. The van der Waals surface area contributed by atoms with Crippen molar-refractivity contribution in [2.75, 3.05) is 7.11 Å². The second-order valence-electron chi connectivity index (χ2n) is 4.46. The van der Waals surface area contributed by atoms with Crippen molar-refractivity contribution >= 4 is 17.2 Å². The first-order valence-electron chi connectivity index (χ1n) is 5.15. The van der Waals surface area contributed by atoms with Crippen LogP contribution in [0.25, 0.3) is 0 Å². The highest BCUT2D eigenvalue weighted by molar-refractivity contribution is 7.85. The number of halogens is 1. The number of hydrogen-bond acceptors (Lipinski definition) is 2. The zero-order valence-electron chi connectivity index (χ0n) is 10.4. The summed E-state index contributed by atoms with van der Waals surface area (Å²) in [6.07, 6.45) is 1.28. The van der Waals surface area contributed by atoms with Gasteiger partial charge in [0.05, 0.1) is 11.9 Å². The van der Waals surface area contributed by atoms with Crippen LogP contribution in [0.5, 0.6) is 5.75 Å². The Morgan fingerprint density at radius 2 is 2.06 bits per heavy atom. The summed E-state index contributed by atoms with van der Waals surface area (Å²) in [6, 6.07) is 4.73. The Balaban J connectivity index is 2.97. The largest absolute Gasteiger partial charge is 0.494 e. The fourth-order valence-electron chi connectivity index (χ4n) is 1.05. The SMILES string of the molecule is COc1cccc(C=N[S@@](=O)C(C)(C)C)c1F. The van der Waals surface area contributed by atoms with Crippen molar-refractivity contribution in [1.29, 1.82) is 0 Å². The molecule has 1 rings (SSSR count). The number of benzene rings is 1. The Kier molecular flexibility index (Phi) is 4.40. The van der Waals surface area contributed by atoms with Gasteiger partial charge >= 0.3 is 0 Å². The summed E-state index contributed by atoms with van der Waals surface area (Å²) >= 11 is 0. The average molecular weight is 257 g/mol. The van der Waals surface area contributed by atoms with Crippen LogP contribution >= 0.6 is 0 Å². The third kappa shape index (κ3) is 3.63. The van der Waals surface area contributed by atoms with Gasteiger partial charge < -0.3 is 4.74 Å². The molecule has 1 aromatic carbocycles. The molecule has 17 heavy (non-hydrogen) atoms. The van der Waals surface area contributed by atoms with Crippen molar-refractivity contribution in [1.82, 2.24) is 0 Å². The summed E-state index contributed by atoms with van der Waals surface area (Å²) in [5.41, 5.74) is 0.266.